The summed E-state index contributed by atoms with van der Waals surface area (Å²) in [6.07, 6.45) is 0.0595. The number of hydrogen-bond acceptors (Lipinski definition) is 4. The van der Waals surface area contributed by atoms with Crippen LogP contribution in [0.4, 0.5) is 9.18 Å². The molecule has 0 aliphatic heterocycles. The highest BCUT2D eigenvalue weighted by atomic mass is 32.2. The van der Waals surface area contributed by atoms with Gasteiger partial charge in [0.15, 0.2) is 0 Å². The van der Waals surface area contributed by atoms with Crippen molar-refractivity contribution in [2.45, 2.75) is 31.7 Å². The second kappa shape index (κ2) is 12.2. The van der Waals surface area contributed by atoms with E-state index in [9.17, 15) is 22.4 Å². The lowest BCUT2D eigenvalue weighted by Gasteiger charge is -2.18. The maximum absolute atomic E-state index is 13.1. The van der Waals surface area contributed by atoms with E-state index in [4.69, 9.17) is 0 Å². The molecule has 10 heteroatoms. The minimum Gasteiger partial charge on any atom is -0.354 e. The number of nitrogens with one attached hydrogen (secondary N) is 3. The second-order valence-corrected chi connectivity index (χ2v) is 8.94. The first kappa shape index (κ1) is 25.3. The molecule has 0 bridgehead atoms. The van der Waals surface area contributed by atoms with Crippen LogP contribution >= 0.6 is 0 Å². The van der Waals surface area contributed by atoms with E-state index in [1.165, 1.54) is 28.6 Å². The van der Waals surface area contributed by atoms with Crippen molar-refractivity contribution in [3.63, 3.8) is 0 Å². The quantitative estimate of drug-likeness (QED) is 0.442. The van der Waals surface area contributed by atoms with Gasteiger partial charge in [0.05, 0.1) is 11.3 Å². The SMILES string of the molecule is CCN(CC)S(=O)(=O)c1ccc(CNC(=O)NCCNC(=O)Cc2cccc(F)c2)cc1. The van der Waals surface area contributed by atoms with Gasteiger partial charge in [-0.3, -0.25) is 4.79 Å². The fraction of sp³-hybridized carbons (Fsp3) is 0.364. The third-order valence-corrected chi connectivity index (χ3v) is 6.77. The molecule has 0 aliphatic rings. The van der Waals surface area contributed by atoms with Crippen LogP contribution in [-0.4, -0.2) is 50.8 Å². The van der Waals surface area contributed by atoms with E-state index in [1.807, 2.05) is 0 Å². The number of halogens is 1. The zero-order valence-corrected chi connectivity index (χ0v) is 19.0. The molecule has 2 rings (SSSR count). The normalized spacial score (nSPS) is 11.2. The molecule has 0 saturated heterocycles. The average Bonchev–Trinajstić information content (AvgIpc) is 2.76. The van der Waals surface area contributed by atoms with Crippen LogP contribution in [0.3, 0.4) is 0 Å². The number of carbonyl (C=O) groups excluding carboxylic acids is 2. The van der Waals surface area contributed by atoms with Crippen molar-refractivity contribution in [2.24, 2.45) is 0 Å². The molecular formula is C22H29FN4O4S. The molecule has 3 amide bonds. The van der Waals surface area contributed by atoms with Crippen molar-refractivity contribution in [3.05, 3.63) is 65.5 Å². The van der Waals surface area contributed by atoms with Crippen molar-refractivity contribution in [3.8, 4) is 0 Å². The Labute approximate surface area is 188 Å². The average molecular weight is 465 g/mol. The molecule has 0 spiro atoms. The molecule has 0 aromatic heterocycles. The molecule has 0 aliphatic carbocycles. The third-order valence-electron chi connectivity index (χ3n) is 4.71. The molecule has 0 fully saturated rings. The number of nitrogens with zero attached hydrogens (tertiary/aromatic N) is 1. The summed E-state index contributed by atoms with van der Waals surface area (Å²) in [4.78, 5) is 24.0. The van der Waals surface area contributed by atoms with E-state index < -0.39 is 21.9 Å². The Bertz CT molecular complexity index is 1010. The zero-order chi connectivity index (χ0) is 23.6. The predicted octanol–water partition coefficient (Wildman–Crippen LogP) is 2.01. The Kier molecular flexibility index (Phi) is 9.61. The van der Waals surface area contributed by atoms with Crippen molar-refractivity contribution in [2.75, 3.05) is 26.2 Å². The summed E-state index contributed by atoms with van der Waals surface area (Å²) >= 11 is 0. The summed E-state index contributed by atoms with van der Waals surface area (Å²) in [6, 6.07) is 11.8. The van der Waals surface area contributed by atoms with Gasteiger partial charge < -0.3 is 16.0 Å². The van der Waals surface area contributed by atoms with Crippen LogP contribution in [0.5, 0.6) is 0 Å². The minimum atomic E-state index is -3.51. The van der Waals surface area contributed by atoms with Gasteiger partial charge in [0.1, 0.15) is 5.82 Å². The summed E-state index contributed by atoms with van der Waals surface area (Å²) in [5.41, 5.74) is 1.33. The van der Waals surface area contributed by atoms with Crippen LogP contribution in [0.2, 0.25) is 0 Å². The molecule has 8 nitrogen and oxygen atoms in total. The first-order chi connectivity index (χ1) is 15.3. The number of urea groups is 1. The van der Waals surface area contributed by atoms with Crippen LogP contribution < -0.4 is 16.0 Å². The van der Waals surface area contributed by atoms with Gasteiger partial charge in [0.2, 0.25) is 15.9 Å². The van der Waals surface area contributed by atoms with E-state index in [2.05, 4.69) is 16.0 Å². The Morgan fingerprint density at radius 3 is 2.19 bits per heavy atom. The van der Waals surface area contributed by atoms with Gasteiger partial charge in [-0.1, -0.05) is 38.1 Å². The van der Waals surface area contributed by atoms with Gasteiger partial charge in [-0.05, 0) is 35.4 Å². The van der Waals surface area contributed by atoms with Gasteiger partial charge in [0, 0.05) is 32.7 Å². The molecule has 2 aromatic rings. The molecule has 32 heavy (non-hydrogen) atoms. The minimum absolute atomic E-state index is 0.0595. The molecule has 0 atom stereocenters. The number of amides is 3. The Balaban J connectivity index is 1.70. The summed E-state index contributed by atoms with van der Waals surface area (Å²) in [5.74, 6) is -0.661. The lowest BCUT2D eigenvalue weighted by atomic mass is 10.1. The van der Waals surface area contributed by atoms with Crippen molar-refractivity contribution < 1.29 is 22.4 Å². The molecule has 0 radical (unpaired) electrons. The van der Waals surface area contributed by atoms with Gasteiger partial charge in [-0.2, -0.15) is 4.31 Å². The Hall–Kier alpha value is -2.98. The fourth-order valence-electron chi connectivity index (χ4n) is 3.01. The lowest BCUT2D eigenvalue weighted by Crippen LogP contribution is -2.40. The monoisotopic (exact) mass is 464 g/mol. The van der Waals surface area contributed by atoms with E-state index >= 15 is 0 Å². The first-order valence-electron chi connectivity index (χ1n) is 10.4. The lowest BCUT2D eigenvalue weighted by molar-refractivity contribution is -0.120. The number of carbonyl (C=O) groups is 2. The maximum atomic E-state index is 13.1. The van der Waals surface area contributed by atoms with Crippen molar-refractivity contribution in [1.82, 2.24) is 20.3 Å². The topological polar surface area (TPSA) is 108 Å². The summed E-state index contributed by atoms with van der Waals surface area (Å²) in [7, 11) is -3.51. The third kappa shape index (κ3) is 7.61. The highest BCUT2D eigenvalue weighted by molar-refractivity contribution is 7.89. The van der Waals surface area contributed by atoms with Gasteiger partial charge in [0.25, 0.3) is 0 Å². The Morgan fingerprint density at radius 2 is 1.56 bits per heavy atom. The fourth-order valence-corrected chi connectivity index (χ4v) is 4.47. The summed E-state index contributed by atoms with van der Waals surface area (Å²) < 4.78 is 39.5. The maximum Gasteiger partial charge on any atom is 0.315 e. The largest absolute Gasteiger partial charge is 0.354 e. The van der Waals surface area contributed by atoms with Crippen LogP contribution in [0, 0.1) is 5.82 Å². The van der Waals surface area contributed by atoms with Crippen molar-refractivity contribution in [1.29, 1.82) is 0 Å². The number of hydrogen-bond donors (Lipinski definition) is 3. The standard InChI is InChI=1S/C22H29FN4O4S/c1-3-27(4-2)32(30,31)20-10-8-17(9-11-20)16-26-22(29)25-13-12-24-21(28)15-18-6-5-7-19(23)14-18/h5-11,14H,3-4,12-13,15-16H2,1-2H3,(H,24,28)(H2,25,26,29). The number of sulfonamides is 1. The van der Waals surface area contributed by atoms with Crippen molar-refractivity contribution >= 4 is 22.0 Å². The molecule has 0 unspecified atom stereocenters. The zero-order valence-electron chi connectivity index (χ0n) is 18.2. The number of rotatable bonds is 11. The van der Waals surface area contributed by atoms with Crippen LogP contribution in [0.25, 0.3) is 0 Å². The number of benzene rings is 2. The van der Waals surface area contributed by atoms with Crippen LogP contribution in [-0.2, 0) is 27.8 Å². The van der Waals surface area contributed by atoms with E-state index in [1.54, 1.807) is 38.1 Å². The van der Waals surface area contributed by atoms with E-state index in [0.29, 0.717) is 18.7 Å². The molecule has 0 saturated carbocycles. The molecule has 174 valence electrons. The van der Waals surface area contributed by atoms with E-state index in [0.717, 1.165) is 5.56 Å². The predicted molar refractivity (Wildman–Crippen MR) is 120 cm³/mol. The summed E-state index contributed by atoms with van der Waals surface area (Å²) in [5, 5.41) is 7.95. The smallest absolute Gasteiger partial charge is 0.315 e. The highest BCUT2D eigenvalue weighted by Crippen LogP contribution is 2.16. The van der Waals surface area contributed by atoms with Gasteiger partial charge in [-0.15, -0.1) is 0 Å². The van der Waals surface area contributed by atoms with E-state index in [-0.39, 0.29) is 36.9 Å². The first-order valence-corrected chi connectivity index (χ1v) is 11.8. The molecular weight excluding hydrogens is 435 g/mol. The van der Waals surface area contributed by atoms with Gasteiger partial charge in [-0.25, -0.2) is 17.6 Å². The highest BCUT2D eigenvalue weighted by Gasteiger charge is 2.21. The Morgan fingerprint density at radius 1 is 0.906 bits per heavy atom. The van der Waals surface area contributed by atoms with Crippen LogP contribution in [0.1, 0.15) is 25.0 Å². The molecule has 3 N–H and O–H groups in total. The molecule has 0 heterocycles. The van der Waals surface area contributed by atoms with Crippen LogP contribution in [0.15, 0.2) is 53.4 Å². The second-order valence-electron chi connectivity index (χ2n) is 7.00. The molecule has 2 aromatic carbocycles. The van der Waals surface area contributed by atoms with Gasteiger partial charge >= 0.3 is 6.03 Å². The summed E-state index contributed by atoms with van der Waals surface area (Å²) in [6.45, 7) is 5.05.